The van der Waals surface area contributed by atoms with Crippen LogP contribution in [0, 0.1) is 11.8 Å². The van der Waals surface area contributed by atoms with Gasteiger partial charge in [0.25, 0.3) is 0 Å². The summed E-state index contributed by atoms with van der Waals surface area (Å²) in [6.07, 6.45) is 2.43. The number of hydrogen-bond acceptors (Lipinski definition) is 3. The zero-order chi connectivity index (χ0) is 14.1. The van der Waals surface area contributed by atoms with E-state index < -0.39 is 0 Å². The zero-order valence-electron chi connectivity index (χ0n) is 12.4. The van der Waals surface area contributed by atoms with E-state index in [9.17, 15) is 4.79 Å². The van der Waals surface area contributed by atoms with Crippen molar-refractivity contribution in [3.05, 3.63) is 0 Å². The highest BCUT2D eigenvalue weighted by atomic mass is 16.3. The van der Waals surface area contributed by atoms with Gasteiger partial charge in [-0.05, 0) is 45.1 Å². The second-order valence-electron chi connectivity index (χ2n) is 5.52. The zero-order valence-corrected chi connectivity index (χ0v) is 12.4. The summed E-state index contributed by atoms with van der Waals surface area (Å²) in [6, 6.07) is 0.150. The molecule has 0 fully saturated rings. The Morgan fingerprint density at radius 2 is 1.83 bits per heavy atom. The Labute approximate surface area is 112 Å². The van der Waals surface area contributed by atoms with E-state index in [0.29, 0.717) is 31.3 Å². The van der Waals surface area contributed by atoms with Gasteiger partial charge in [-0.2, -0.15) is 0 Å². The Morgan fingerprint density at radius 3 is 2.22 bits per heavy atom. The molecule has 0 aromatic rings. The molecule has 1 amide bonds. The maximum Gasteiger partial charge on any atom is 0.222 e. The molecular formula is C14H30N2O2. The average Bonchev–Trinajstić information content (AvgIpc) is 2.30. The molecule has 0 aliphatic carbocycles. The molecule has 4 nitrogen and oxygen atoms in total. The maximum atomic E-state index is 12.1. The van der Waals surface area contributed by atoms with Gasteiger partial charge in [-0.25, -0.2) is 0 Å². The number of nitrogens with zero attached hydrogens (tertiary/aromatic N) is 1. The first-order chi connectivity index (χ1) is 8.43. The molecule has 0 aromatic carbocycles. The monoisotopic (exact) mass is 258 g/mol. The number of carbonyl (C=O) groups excluding carboxylic acids is 1. The molecule has 0 radical (unpaired) electrons. The number of nitrogens with two attached hydrogens (primary N) is 1. The number of hydrogen-bond donors (Lipinski definition) is 2. The molecule has 0 rings (SSSR count). The van der Waals surface area contributed by atoms with Crippen molar-refractivity contribution in [3.63, 3.8) is 0 Å². The SMILES string of the molecule is CC(C)C(CCN)CCC(=O)N(CCO)C(C)C. The quantitative estimate of drug-likeness (QED) is 0.660. The molecule has 108 valence electrons. The third-order valence-electron chi connectivity index (χ3n) is 3.49. The van der Waals surface area contributed by atoms with Gasteiger partial charge < -0.3 is 15.7 Å². The molecule has 0 aliphatic heterocycles. The smallest absolute Gasteiger partial charge is 0.222 e. The predicted octanol–water partition coefficient (Wildman–Crippen LogP) is 1.62. The molecule has 0 heterocycles. The van der Waals surface area contributed by atoms with Crippen LogP contribution < -0.4 is 5.73 Å². The van der Waals surface area contributed by atoms with Crippen LogP contribution in [-0.4, -0.2) is 41.7 Å². The van der Waals surface area contributed by atoms with E-state index in [1.807, 2.05) is 13.8 Å². The van der Waals surface area contributed by atoms with Gasteiger partial charge in [0, 0.05) is 19.0 Å². The van der Waals surface area contributed by atoms with Crippen LogP contribution in [0.1, 0.15) is 47.0 Å². The number of aliphatic hydroxyl groups is 1. The molecule has 3 N–H and O–H groups in total. The van der Waals surface area contributed by atoms with E-state index in [0.717, 1.165) is 12.8 Å². The van der Waals surface area contributed by atoms with Crippen molar-refractivity contribution in [1.82, 2.24) is 4.90 Å². The molecular weight excluding hydrogens is 228 g/mol. The van der Waals surface area contributed by atoms with Gasteiger partial charge in [0.1, 0.15) is 0 Å². The maximum absolute atomic E-state index is 12.1. The van der Waals surface area contributed by atoms with Crippen LogP contribution in [0.4, 0.5) is 0 Å². The van der Waals surface area contributed by atoms with Crippen molar-refractivity contribution in [2.45, 2.75) is 53.0 Å². The number of rotatable bonds is 9. The highest BCUT2D eigenvalue weighted by Gasteiger charge is 2.19. The first-order valence-electron chi connectivity index (χ1n) is 7.04. The summed E-state index contributed by atoms with van der Waals surface area (Å²) in [6.45, 7) is 9.46. The van der Waals surface area contributed by atoms with Crippen LogP contribution in [0.5, 0.6) is 0 Å². The lowest BCUT2D eigenvalue weighted by atomic mass is 9.88. The Kier molecular flexibility index (Phi) is 9.02. The fraction of sp³-hybridized carbons (Fsp3) is 0.929. The normalized spacial score (nSPS) is 13.1. The van der Waals surface area contributed by atoms with E-state index >= 15 is 0 Å². The van der Waals surface area contributed by atoms with Crippen molar-refractivity contribution in [2.75, 3.05) is 19.7 Å². The highest BCUT2D eigenvalue weighted by molar-refractivity contribution is 5.76. The Hall–Kier alpha value is -0.610. The molecule has 0 saturated carbocycles. The molecule has 0 aliphatic rings. The van der Waals surface area contributed by atoms with Crippen LogP contribution >= 0.6 is 0 Å². The summed E-state index contributed by atoms with van der Waals surface area (Å²) >= 11 is 0. The lowest BCUT2D eigenvalue weighted by molar-refractivity contribution is -0.133. The van der Waals surface area contributed by atoms with E-state index in [4.69, 9.17) is 10.8 Å². The van der Waals surface area contributed by atoms with Crippen molar-refractivity contribution in [1.29, 1.82) is 0 Å². The van der Waals surface area contributed by atoms with Gasteiger partial charge in [-0.1, -0.05) is 13.8 Å². The highest BCUT2D eigenvalue weighted by Crippen LogP contribution is 2.21. The van der Waals surface area contributed by atoms with Crippen molar-refractivity contribution in [3.8, 4) is 0 Å². The first-order valence-corrected chi connectivity index (χ1v) is 7.04. The van der Waals surface area contributed by atoms with E-state index in [1.165, 1.54) is 0 Å². The minimum atomic E-state index is 0.0281. The van der Waals surface area contributed by atoms with Crippen LogP contribution in [0.25, 0.3) is 0 Å². The fourth-order valence-electron chi connectivity index (χ4n) is 2.26. The molecule has 1 unspecified atom stereocenters. The lowest BCUT2D eigenvalue weighted by Crippen LogP contribution is -2.39. The summed E-state index contributed by atoms with van der Waals surface area (Å²) in [5.41, 5.74) is 5.60. The minimum Gasteiger partial charge on any atom is -0.395 e. The molecule has 0 saturated heterocycles. The molecule has 0 bridgehead atoms. The van der Waals surface area contributed by atoms with E-state index in [-0.39, 0.29) is 18.6 Å². The summed E-state index contributed by atoms with van der Waals surface area (Å²) in [4.78, 5) is 13.8. The second-order valence-corrected chi connectivity index (χ2v) is 5.52. The molecule has 0 spiro atoms. The van der Waals surface area contributed by atoms with Crippen LogP contribution in [-0.2, 0) is 4.79 Å². The summed E-state index contributed by atoms with van der Waals surface area (Å²) < 4.78 is 0. The standard InChI is InChI=1S/C14H30N2O2/c1-11(2)13(7-8-15)5-6-14(18)16(9-10-17)12(3)4/h11-13,17H,5-10,15H2,1-4H3. The number of aliphatic hydroxyl groups excluding tert-OH is 1. The van der Waals surface area contributed by atoms with Gasteiger partial charge in [0.15, 0.2) is 0 Å². The van der Waals surface area contributed by atoms with Crippen molar-refractivity contribution >= 4 is 5.91 Å². The minimum absolute atomic E-state index is 0.0281. The summed E-state index contributed by atoms with van der Waals surface area (Å²) in [5.74, 6) is 1.22. The first kappa shape index (κ1) is 17.4. The third-order valence-corrected chi connectivity index (χ3v) is 3.49. The van der Waals surface area contributed by atoms with Gasteiger partial charge in [-0.15, -0.1) is 0 Å². The molecule has 1 atom stereocenters. The Bertz CT molecular complexity index is 230. The predicted molar refractivity (Wildman–Crippen MR) is 75.2 cm³/mol. The van der Waals surface area contributed by atoms with Crippen LogP contribution in [0.3, 0.4) is 0 Å². The lowest BCUT2D eigenvalue weighted by Gasteiger charge is -2.27. The van der Waals surface area contributed by atoms with Gasteiger partial charge in [0.05, 0.1) is 6.61 Å². The number of amides is 1. The average molecular weight is 258 g/mol. The molecule has 0 aromatic heterocycles. The second kappa shape index (κ2) is 9.34. The molecule has 4 heteroatoms. The Balaban J connectivity index is 4.27. The van der Waals surface area contributed by atoms with Crippen molar-refractivity contribution < 1.29 is 9.90 Å². The topological polar surface area (TPSA) is 66.6 Å². The van der Waals surface area contributed by atoms with E-state index in [1.54, 1.807) is 4.90 Å². The summed E-state index contributed by atoms with van der Waals surface area (Å²) in [7, 11) is 0. The van der Waals surface area contributed by atoms with E-state index in [2.05, 4.69) is 13.8 Å². The summed E-state index contributed by atoms with van der Waals surface area (Å²) in [5, 5.41) is 8.97. The number of carbonyl (C=O) groups is 1. The van der Waals surface area contributed by atoms with Crippen LogP contribution in [0.15, 0.2) is 0 Å². The fourth-order valence-corrected chi connectivity index (χ4v) is 2.26. The van der Waals surface area contributed by atoms with Gasteiger partial charge in [0.2, 0.25) is 5.91 Å². The van der Waals surface area contributed by atoms with Crippen LogP contribution in [0.2, 0.25) is 0 Å². The van der Waals surface area contributed by atoms with Gasteiger partial charge >= 0.3 is 0 Å². The molecule has 18 heavy (non-hydrogen) atoms. The Morgan fingerprint density at radius 1 is 1.22 bits per heavy atom. The third kappa shape index (κ3) is 6.36. The van der Waals surface area contributed by atoms with Crippen molar-refractivity contribution in [2.24, 2.45) is 17.6 Å². The van der Waals surface area contributed by atoms with Gasteiger partial charge in [-0.3, -0.25) is 4.79 Å². The largest absolute Gasteiger partial charge is 0.395 e.